The van der Waals surface area contributed by atoms with E-state index in [2.05, 4.69) is 16.3 Å². The molecule has 2 atom stereocenters. The van der Waals surface area contributed by atoms with Gasteiger partial charge in [-0.2, -0.15) is 0 Å². The van der Waals surface area contributed by atoms with Gasteiger partial charge in [-0.15, -0.1) is 0 Å². The number of carbonyl (C=O) groups excluding carboxylic acids is 1. The lowest BCUT2D eigenvalue weighted by atomic mass is 9.98. The Labute approximate surface area is 217 Å². The molecule has 4 rings (SSSR count). The normalized spacial score (nSPS) is 16.9. The summed E-state index contributed by atoms with van der Waals surface area (Å²) in [6.07, 6.45) is 1.69. The number of carbonyl (C=O) groups is 2. The summed E-state index contributed by atoms with van der Waals surface area (Å²) in [5.41, 5.74) is 4.82. The molecule has 1 aliphatic rings. The summed E-state index contributed by atoms with van der Waals surface area (Å²) in [4.78, 5) is 26.5. The Balaban J connectivity index is 1.45. The molecule has 37 heavy (non-hydrogen) atoms. The number of carboxylic acids is 1. The van der Waals surface area contributed by atoms with Crippen LogP contribution < -0.4 is 10.5 Å². The molecule has 0 aromatic heterocycles. The number of aryl methyl sites for hydroxylation is 1. The van der Waals surface area contributed by atoms with Crippen LogP contribution in [0.4, 0.5) is 0 Å². The topological polar surface area (TPSA) is 130 Å². The molecule has 1 fully saturated rings. The molecule has 0 saturated carbocycles. The third kappa shape index (κ3) is 6.25. The second kappa shape index (κ2) is 10.8. The summed E-state index contributed by atoms with van der Waals surface area (Å²) in [5, 5.41) is 17.4. The van der Waals surface area contributed by atoms with Crippen LogP contribution in [-0.4, -0.2) is 42.9 Å². The summed E-state index contributed by atoms with van der Waals surface area (Å²) in [5.74, 6) is -1.03. The molecule has 8 nitrogen and oxygen atoms in total. The molecule has 1 saturated heterocycles. The minimum atomic E-state index is -3.76. The van der Waals surface area contributed by atoms with Gasteiger partial charge in [0.05, 0.1) is 22.5 Å². The molecule has 0 radical (unpaired) electrons. The highest BCUT2D eigenvalue weighted by atomic mass is 32.2. The zero-order valence-corrected chi connectivity index (χ0v) is 21.7. The van der Waals surface area contributed by atoms with Crippen molar-refractivity contribution in [2.45, 2.75) is 50.2 Å². The number of nitrogens with two attached hydrogens (primary N) is 1. The maximum absolute atomic E-state index is 13.1. The third-order valence-electron chi connectivity index (χ3n) is 6.83. The van der Waals surface area contributed by atoms with Crippen molar-refractivity contribution in [3.63, 3.8) is 0 Å². The van der Waals surface area contributed by atoms with Crippen LogP contribution >= 0.6 is 0 Å². The van der Waals surface area contributed by atoms with Gasteiger partial charge in [-0.1, -0.05) is 36.4 Å². The largest absolute Gasteiger partial charge is 0.478 e. The molecule has 3 aromatic carbocycles. The van der Waals surface area contributed by atoms with Gasteiger partial charge >= 0.3 is 5.97 Å². The number of rotatable bonds is 8. The van der Waals surface area contributed by atoms with Gasteiger partial charge in [0.25, 0.3) is 0 Å². The van der Waals surface area contributed by atoms with E-state index in [-0.39, 0.29) is 28.4 Å². The van der Waals surface area contributed by atoms with Gasteiger partial charge in [-0.05, 0) is 91.4 Å². The van der Waals surface area contributed by atoms with Gasteiger partial charge in [0.1, 0.15) is 0 Å². The SMILES string of the molecule is Cc1cc(S(N)(=O)=O)ccc1-c1cccc(CN2CCC[C@@H]2C(=O)N[C@@H](C)c2ccc(C(=O)O)cc2)c1. The number of primary sulfonamides is 1. The molecule has 0 spiro atoms. The van der Waals surface area contributed by atoms with E-state index in [1.165, 1.54) is 6.07 Å². The van der Waals surface area contributed by atoms with E-state index in [1.54, 1.807) is 36.4 Å². The molecular formula is C28H31N3O5S. The summed E-state index contributed by atoms with van der Waals surface area (Å²) in [6.45, 7) is 5.17. The van der Waals surface area contributed by atoms with E-state index in [1.807, 2.05) is 32.0 Å². The number of sulfonamides is 1. The summed E-state index contributed by atoms with van der Waals surface area (Å²) >= 11 is 0. The summed E-state index contributed by atoms with van der Waals surface area (Å²) < 4.78 is 23.3. The van der Waals surface area contributed by atoms with E-state index in [9.17, 15) is 18.0 Å². The highest BCUT2D eigenvalue weighted by molar-refractivity contribution is 7.89. The van der Waals surface area contributed by atoms with Gasteiger partial charge in [0.15, 0.2) is 0 Å². The van der Waals surface area contributed by atoms with E-state index >= 15 is 0 Å². The predicted octanol–water partition coefficient (Wildman–Crippen LogP) is 3.85. The first-order valence-corrected chi connectivity index (χ1v) is 13.7. The van der Waals surface area contributed by atoms with Gasteiger partial charge < -0.3 is 10.4 Å². The summed E-state index contributed by atoms with van der Waals surface area (Å²) in [7, 11) is -3.76. The third-order valence-corrected chi connectivity index (χ3v) is 7.74. The highest BCUT2D eigenvalue weighted by Gasteiger charge is 2.31. The minimum absolute atomic E-state index is 0.0436. The molecule has 0 unspecified atom stereocenters. The number of amides is 1. The van der Waals surface area contributed by atoms with Crippen LogP contribution in [0.15, 0.2) is 71.6 Å². The lowest BCUT2D eigenvalue weighted by Gasteiger charge is -2.26. The molecule has 194 valence electrons. The first-order valence-electron chi connectivity index (χ1n) is 12.1. The number of likely N-dealkylation sites (tertiary alicyclic amines) is 1. The minimum Gasteiger partial charge on any atom is -0.478 e. The maximum atomic E-state index is 13.1. The number of nitrogens with zero attached hydrogens (tertiary/aromatic N) is 1. The van der Waals surface area contributed by atoms with Crippen molar-refractivity contribution in [1.82, 2.24) is 10.2 Å². The van der Waals surface area contributed by atoms with Crippen molar-refractivity contribution < 1.29 is 23.1 Å². The first-order chi connectivity index (χ1) is 17.5. The van der Waals surface area contributed by atoms with Crippen LogP contribution in [0.5, 0.6) is 0 Å². The van der Waals surface area contributed by atoms with Crippen LogP contribution in [0.3, 0.4) is 0 Å². The zero-order valence-electron chi connectivity index (χ0n) is 20.8. The van der Waals surface area contributed by atoms with Crippen molar-refractivity contribution in [2.24, 2.45) is 5.14 Å². The van der Waals surface area contributed by atoms with Crippen molar-refractivity contribution >= 4 is 21.9 Å². The van der Waals surface area contributed by atoms with Crippen LogP contribution in [0.1, 0.15) is 52.9 Å². The molecule has 3 aromatic rings. The lowest BCUT2D eigenvalue weighted by Crippen LogP contribution is -2.43. The number of aromatic carboxylic acids is 1. The second-order valence-corrected chi connectivity index (χ2v) is 11.1. The van der Waals surface area contributed by atoms with Crippen molar-refractivity contribution in [1.29, 1.82) is 0 Å². The van der Waals surface area contributed by atoms with E-state index in [4.69, 9.17) is 10.2 Å². The van der Waals surface area contributed by atoms with Gasteiger partial charge in [0, 0.05) is 6.54 Å². The van der Waals surface area contributed by atoms with Crippen molar-refractivity contribution in [2.75, 3.05) is 6.54 Å². The standard InChI is InChI=1S/C28H31N3O5S/c1-18-15-24(37(29,35)36)12-13-25(18)23-6-3-5-20(16-23)17-31-14-4-7-26(31)27(32)30-19(2)21-8-10-22(11-9-21)28(33)34/h3,5-6,8-13,15-16,19,26H,4,7,14,17H2,1-2H3,(H,30,32)(H,33,34)(H2,29,35,36)/t19-,26+/m0/s1. The number of carboxylic acid groups (broad SMARTS) is 1. The monoisotopic (exact) mass is 521 g/mol. The number of benzene rings is 3. The lowest BCUT2D eigenvalue weighted by molar-refractivity contribution is -0.126. The van der Waals surface area contributed by atoms with Crippen LogP contribution in [-0.2, 0) is 21.4 Å². The van der Waals surface area contributed by atoms with Crippen LogP contribution in [0.25, 0.3) is 11.1 Å². The average Bonchev–Trinajstić information content (AvgIpc) is 3.31. The van der Waals surface area contributed by atoms with E-state index < -0.39 is 16.0 Å². The fourth-order valence-electron chi connectivity index (χ4n) is 4.83. The highest BCUT2D eigenvalue weighted by Crippen LogP contribution is 2.28. The second-order valence-electron chi connectivity index (χ2n) is 9.51. The molecule has 0 aliphatic carbocycles. The number of hydrogen-bond acceptors (Lipinski definition) is 5. The van der Waals surface area contributed by atoms with Crippen LogP contribution in [0.2, 0.25) is 0 Å². The van der Waals surface area contributed by atoms with Gasteiger partial charge in [-0.3, -0.25) is 9.69 Å². The fourth-order valence-corrected chi connectivity index (χ4v) is 5.43. The molecule has 1 aliphatic heterocycles. The number of hydrogen-bond donors (Lipinski definition) is 3. The van der Waals surface area contributed by atoms with Gasteiger partial charge in [-0.25, -0.2) is 18.4 Å². The van der Waals surface area contributed by atoms with Crippen LogP contribution in [0, 0.1) is 6.92 Å². The van der Waals surface area contributed by atoms with Crippen molar-refractivity contribution in [3.8, 4) is 11.1 Å². The molecule has 0 bridgehead atoms. The smallest absolute Gasteiger partial charge is 0.335 e. The average molecular weight is 522 g/mol. The number of nitrogens with one attached hydrogen (secondary N) is 1. The molecule has 1 heterocycles. The molecule has 4 N–H and O–H groups in total. The molecule has 9 heteroatoms. The Morgan fingerprint density at radius 1 is 1.11 bits per heavy atom. The Hall–Kier alpha value is -3.53. The van der Waals surface area contributed by atoms with Gasteiger partial charge in [0.2, 0.25) is 15.9 Å². The molecular weight excluding hydrogens is 490 g/mol. The fraction of sp³-hybridized carbons (Fsp3) is 0.286. The maximum Gasteiger partial charge on any atom is 0.335 e. The summed E-state index contributed by atoms with van der Waals surface area (Å²) in [6, 6.07) is 18.9. The Morgan fingerprint density at radius 2 is 1.84 bits per heavy atom. The Kier molecular flexibility index (Phi) is 7.77. The molecule has 1 amide bonds. The first kappa shape index (κ1) is 26.5. The quantitative estimate of drug-likeness (QED) is 0.413. The predicted molar refractivity (Wildman–Crippen MR) is 141 cm³/mol. The Bertz CT molecular complexity index is 1420. The Morgan fingerprint density at radius 3 is 2.49 bits per heavy atom. The zero-order chi connectivity index (χ0) is 26.7. The van der Waals surface area contributed by atoms with E-state index in [0.29, 0.717) is 6.54 Å². The van der Waals surface area contributed by atoms with E-state index in [0.717, 1.165) is 47.2 Å². The van der Waals surface area contributed by atoms with Crippen molar-refractivity contribution in [3.05, 3.63) is 89.0 Å².